The number of hydrogen-bond donors (Lipinski definition) is 1. The van der Waals surface area contributed by atoms with E-state index in [0.717, 1.165) is 12.3 Å². The highest BCUT2D eigenvalue weighted by molar-refractivity contribution is 5.03. The second kappa shape index (κ2) is 5.04. The van der Waals surface area contributed by atoms with Crippen molar-refractivity contribution in [1.82, 2.24) is 9.78 Å². The lowest BCUT2D eigenvalue weighted by atomic mass is 9.92. The molecule has 2 N–H and O–H groups in total. The number of hydrogen-bond acceptors (Lipinski definition) is 2. The van der Waals surface area contributed by atoms with Crippen LogP contribution in [-0.2, 0) is 6.42 Å². The summed E-state index contributed by atoms with van der Waals surface area (Å²) < 4.78 is 2.21. The van der Waals surface area contributed by atoms with E-state index in [4.69, 9.17) is 10.8 Å². The first kappa shape index (κ1) is 12.2. The van der Waals surface area contributed by atoms with Gasteiger partial charge >= 0.3 is 0 Å². The summed E-state index contributed by atoms with van der Waals surface area (Å²) in [4.78, 5) is 0. The Labute approximate surface area is 110 Å². The summed E-state index contributed by atoms with van der Waals surface area (Å²) in [5.74, 6) is 1.40. The fraction of sp³-hybridized carbons (Fsp3) is 0.800. The standard InChI is InChI=1S/C15H25N3/c1-11-12(6-7-15(11)16)10-13-8-9-18(17-13)14-4-2-3-5-14/h8-9,11-12,14-15H,2-7,10,16H2,1H3. The first-order valence-electron chi connectivity index (χ1n) is 7.53. The van der Waals surface area contributed by atoms with Crippen molar-refractivity contribution in [1.29, 1.82) is 0 Å². The summed E-state index contributed by atoms with van der Waals surface area (Å²) in [6.07, 6.45) is 11.1. The zero-order valence-corrected chi connectivity index (χ0v) is 11.4. The van der Waals surface area contributed by atoms with Gasteiger partial charge in [0.25, 0.3) is 0 Å². The molecule has 3 heteroatoms. The van der Waals surface area contributed by atoms with Crippen LogP contribution < -0.4 is 5.73 Å². The maximum atomic E-state index is 6.10. The molecule has 0 amide bonds. The van der Waals surface area contributed by atoms with Crippen molar-refractivity contribution in [3.8, 4) is 0 Å². The third-order valence-electron chi connectivity index (χ3n) is 5.12. The minimum Gasteiger partial charge on any atom is -0.327 e. The van der Waals surface area contributed by atoms with Gasteiger partial charge in [0.05, 0.1) is 11.7 Å². The molecule has 2 aliphatic carbocycles. The number of rotatable bonds is 3. The van der Waals surface area contributed by atoms with E-state index in [1.54, 1.807) is 0 Å². The summed E-state index contributed by atoms with van der Waals surface area (Å²) in [6, 6.07) is 3.29. The van der Waals surface area contributed by atoms with Crippen LogP contribution >= 0.6 is 0 Å². The SMILES string of the molecule is CC1C(N)CCC1Cc1ccn(C2CCCC2)n1. The first-order valence-corrected chi connectivity index (χ1v) is 7.53. The second-order valence-corrected chi connectivity index (χ2v) is 6.29. The highest BCUT2D eigenvalue weighted by atomic mass is 15.3. The van der Waals surface area contributed by atoms with Crippen LogP contribution in [0.5, 0.6) is 0 Å². The van der Waals surface area contributed by atoms with E-state index in [9.17, 15) is 0 Å². The minimum atomic E-state index is 0.409. The third-order valence-corrected chi connectivity index (χ3v) is 5.12. The van der Waals surface area contributed by atoms with Gasteiger partial charge in [-0.15, -0.1) is 0 Å². The van der Waals surface area contributed by atoms with E-state index >= 15 is 0 Å². The third kappa shape index (κ3) is 2.33. The normalized spacial score (nSPS) is 33.3. The maximum Gasteiger partial charge on any atom is 0.0627 e. The molecule has 3 nitrogen and oxygen atoms in total. The topological polar surface area (TPSA) is 43.8 Å². The fourth-order valence-electron chi connectivity index (χ4n) is 3.70. The van der Waals surface area contributed by atoms with Crippen LogP contribution in [0, 0.1) is 11.8 Å². The molecular weight excluding hydrogens is 222 g/mol. The molecule has 0 saturated heterocycles. The molecule has 18 heavy (non-hydrogen) atoms. The maximum absolute atomic E-state index is 6.10. The second-order valence-electron chi connectivity index (χ2n) is 6.29. The van der Waals surface area contributed by atoms with Gasteiger partial charge < -0.3 is 5.73 Å². The van der Waals surface area contributed by atoms with Crippen molar-refractivity contribution in [3.63, 3.8) is 0 Å². The fourth-order valence-corrected chi connectivity index (χ4v) is 3.70. The molecule has 0 radical (unpaired) electrons. The van der Waals surface area contributed by atoms with Gasteiger partial charge in [-0.05, 0) is 50.0 Å². The Bertz CT molecular complexity index is 392. The molecule has 2 saturated carbocycles. The highest BCUT2D eigenvalue weighted by Crippen LogP contribution is 2.33. The van der Waals surface area contributed by atoms with Gasteiger partial charge in [-0.25, -0.2) is 0 Å². The van der Waals surface area contributed by atoms with Crippen LogP contribution in [0.2, 0.25) is 0 Å². The van der Waals surface area contributed by atoms with Gasteiger partial charge in [-0.1, -0.05) is 19.8 Å². The predicted molar refractivity (Wildman–Crippen MR) is 73.3 cm³/mol. The van der Waals surface area contributed by atoms with Gasteiger partial charge in [0.2, 0.25) is 0 Å². The van der Waals surface area contributed by atoms with Crippen molar-refractivity contribution in [2.75, 3.05) is 0 Å². The minimum absolute atomic E-state index is 0.409. The van der Waals surface area contributed by atoms with E-state index in [-0.39, 0.29) is 0 Å². The van der Waals surface area contributed by atoms with Crippen LogP contribution in [0.1, 0.15) is 57.2 Å². The first-order chi connectivity index (χ1) is 8.74. The van der Waals surface area contributed by atoms with Crippen LogP contribution in [0.3, 0.4) is 0 Å². The molecule has 2 fully saturated rings. The molecule has 0 spiro atoms. The van der Waals surface area contributed by atoms with Crippen molar-refractivity contribution in [2.24, 2.45) is 17.6 Å². The highest BCUT2D eigenvalue weighted by Gasteiger charge is 2.30. The Balaban J connectivity index is 1.63. The van der Waals surface area contributed by atoms with Gasteiger partial charge in [0.1, 0.15) is 0 Å². The number of nitrogens with two attached hydrogens (primary N) is 1. The lowest BCUT2D eigenvalue weighted by Crippen LogP contribution is -2.25. The van der Waals surface area contributed by atoms with E-state index in [1.165, 1.54) is 44.2 Å². The Morgan fingerprint density at radius 2 is 2.06 bits per heavy atom. The monoisotopic (exact) mass is 247 g/mol. The summed E-state index contributed by atoms with van der Waals surface area (Å²) in [5, 5.41) is 4.79. The number of nitrogens with zero attached hydrogens (tertiary/aromatic N) is 2. The molecule has 3 unspecified atom stereocenters. The number of aromatic nitrogens is 2. The average molecular weight is 247 g/mol. The molecule has 100 valence electrons. The zero-order valence-electron chi connectivity index (χ0n) is 11.4. The lowest BCUT2D eigenvalue weighted by Gasteiger charge is -2.16. The van der Waals surface area contributed by atoms with Crippen molar-refractivity contribution < 1.29 is 0 Å². The van der Waals surface area contributed by atoms with Gasteiger partial charge in [0, 0.05) is 12.2 Å². The molecule has 1 aromatic heterocycles. The molecule has 1 aromatic rings. The van der Waals surface area contributed by atoms with E-state index in [2.05, 4.69) is 23.9 Å². The van der Waals surface area contributed by atoms with E-state index < -0.39 is 0 Å². The summed E-state index contributed by atoms with van der Waals surface area (Å²) >= 11 is 0. The molecule has 3 rings (SSSR count). The Morgan fingerprint density at radius 3 is 2.72 bits per heavy atom. The molecule has 1 heterocycles. The van der Waals surface area contributed by atoms with Crippen molar-refractivity contribution in [2.45, 2.75) is 64.0 Å². The molecule has 3 atom stereocenters. The van der Waals surface area contributed by atoms with Gasteiger partial charge in [-0.3, -0.25) is 4.68 Å². The lowest BCUT2D eigenvalue weighted by molar-refractivity contribution is 0.383. The largest absolute Gasteiger partial charge is 0.327 e. The van der Waals surface area contributed by atoms with E-state index in [0.29, 0.717) is 18.0 Å². The summed E-state index contributed by atoms with van der Waals surface area (Å²) in [7, 11) is 0. The van der Waals surface area contributed by atoms with Gasteiger partial charge in [-0.2, -0.15) is 5.10 Å². The summed E-state index contributed by atoms with van der Waals surface area (Å²) in [5.41, 5.74) is 7.37. The molecule has 0 bridgehead atoms. The van der Waals surface area contributed by atoms with Crippen LogP contribution in [-0.4, -0.2) is 15.8 Å². The smallest absolute Gasteiger partial charge is 0.0627 e. The Morgan fingerprint density at radius 1 is 1.28 bits per heavy atom. The average Bonchev–Trinajstić information content (AvgIpc) is 3.06. The molecule has 2 aliphatic rings. The Kier molecular flexibility index (Phi) is 3.42. The quantitative estimate of drug-likeness (QED) is 0.892. The van der Waals surface area contributed by atoms with Crippen LogP contribution in [0.25, 0.3) is 0 Å². The molecular formula is C15H25N3. The zero-order chi connectivity index (χ0) is 12.5. The van der Waals surface area contributed by atoms with Gasteiger partial charge in [0.15, 0.2) is 0 Å². The van der Waals surface area contributed by atoms with Crippen LogP contribution in [0.15, 0.2) is 12.3 Å². The van der Waals surface area contributed by atoms with Crippen molar-refractivity contribution in [3.05, 3.63) is 18.0 Å². The van der Waals surface area contributed by atoms with Crippen LogP contribution in [0.4, 0.5) is 0 Å². The van der Waals surface area contributed by atoms with Crippen molar-refractivity contribution >= 4 is 0 Å². The Hall–Kier alpha value is -0.830. The summed E-state index contributed by atoms with van der Waals surface area (Å²) in [6.45, 7) is 2.30. The molecule has 0 aromatic carbocycles. The predicted octanol–water partition coefficient (Wildman–Crippen LogP) is 2.91. The molecule has 0 aliphatic heterocycles. The van der Waals surface area contributed by atoms with E-state index in [1.807, 2.05) is 0 Å².